The Balaban J connectivity index is 1.85. The first-order valence-corrected chi connectivity index (χ1v) is 9.93. The maximum atomic E-state index is 13.1. The number of ether oxygens (including phenoxy) is 1. The van der Waals surface area contributed by atoms with Crippen molar-refractivity contribution in [1.29, 1.82) is 0 Å². The largest absolute Gasteiger partial charge is 0.457 e. The Bertz CT molecular complexity index is 994. The van der Waals surface area contributed by atoms with Gasteiger partial charge in [0.1, 0.15) is 4.90 Å². The number of ketones is 1. The summed E-state index contributed by atoms with van der Waals surface area (Å²) in [4.78, 5) is 23.1. The van der Waals surface area contributed by atoms with E-state index in [9.17, 15) is 26.8 Å². The third-order valence-corrected chi connectivity index (χ3v) is 5.83. The molecule has 0 saturated carbocycles. The van der Waals surface area contributed by atoms with Crippen molar-refractivity contribution in [3.63, 3.8) is 0 Å². The van der Waals surface area contributed by atoms with Crippen LogP contribution in [0.3, 0.4) is 0 Å². The molecule has 0 aromatic heterocycles. The molecule has 0 atom stereocenters. The molecule has 0 heterocycles. The minimum atomic E-state index is -4.07. The summed E-state index contributed by atoms with van der Waals surface area (Å²) in [5.41, 5.74) is -0.166. The highest BCUT2D eigenvalue weighted by Gasteiger charge is 2.21. The Morgan fingerprint density at radius 1 is 1.04 bits per heavy atom. The van der Waals surface area contributed by atoms with Crippen LogP contribution in [0.4, 0.5) is 8.78 Å². The van der Waals surface area contributed by atoms with Gasteiger partial charge in [-0.1, -0.05) is 29.3 Å². The van der Waals surface area contributed by atoms with Gasteiger partial charge < -0.3 is 4.74 Å². The molecule has 6 nitrogen and oxygen atoms in total. The molecule has 0 saturated heterocycles. The zero-order chi connectivity index (χ0) is 20.9. The minimum Gasteiger partial charge on any atom is -0.457 e. The van der Waals surface area contributed by atoms with Crippen molar-refractivity contribution in [2.45, 2.75) is 11.3 Å². The van der Waals surface area contributed by atoms with Crippen LogP contribution < -0.4 is 4.72 Å². The number of carbonyl (C=O) groups is 2. The first-order chi connectivity index (χ1) is 13.1. The van der Waals surface area contributed by atoms with Gasteiger partial charge in [0.05, 0.1) is 16.5 Å². The Hall–Kier alpha value is -2.07. The summed E-state index contributed by atoms with van der Waals surface area (Å²) in [6, 6.07) is 6.69. The first kappa shape index (κ1) is 22.2. The van der Waals surface area contributed by atoms with Crippen molar-refractivity contribution in [2.24, 2.45) is 0 Å². The number of nitrogens with one attached hydrogen (secondary N) is 1. The standard InChI is InChI=1S/C17H13Cl2F2NO5S/c18-11-2-1-3-12(19)17(11)28(25,26)22-7-6-16(24)27-9-15(23)10-4-5-13(20)14(21)8-10/h1-5,8,22H,6-7,9H2. The van der Waals surface area contributed by atoms with Crippen LogP contribution in [0.5, 0.6) is 0 Å². The summed E-state index contributed by atoms with van der Waals surface area (Å²) in [6.07, 6.45) is -0.383. The Morgan fingerprint density at radius 2 is 1.68 bits per heavy atom. The van der Waals surface area contributed by atoms with E-state index in [1.54, 1.807) is 0 Å². The summed E-state index contributed by atoms with van der Waals surface area (Å²) in [5, 5.41) is -0.167. The summed E-state index contributed by atoms with van der Waals surface area (Å²) in [6.45, 7) is -1.03. The lowest BCUT2D eigenvalue weighted by Crippen LogP contribution is -2.27. The van der Waals surface area contributed by atoms with E-state index < -0.39 is 40.0 Å². The summed E-state index contributed by atoms with van der Waals surface area (Å²) in [7, 11) is -4.07. The molecule has 0 amide bonds. The van der Waals surface area contributed by atoms with E-state index >= 15 is 0 Å². The summed E-state index contributed by atoms with van der Waals surface area (Å²) in [5.74, 6) is -3.93. The number of hydrogen-bond donors (Lipinski definition) is 1. The van der Waals surface area contributed by atoms with E-state index in [2.05, 4.69) is 4.72 Å². The lowest BCUT2D eigenvalue weighted by atomic mass is 10.1. The number of benzene rings is 2. The Kier molecular flexibility index (Phi) is 7.48. The molecule has 0 unspecified atom stereocenters. The quantitative estimate of drug-likeness (QED) is 0.490. The molecule has 28 heavy (non-hydrogen) atoms. The third-order valence-electron chi connectivity index (χ3n) is 3.41. The van der Waals surface area contributed by atoms with E-state index in [4.69, 9.17) is 27.9 Å². The lowest BCUT2D eigenvalue weighted by molar-refractivity contribution is -0.142. The smallest absolute Gasteiger partial charge is 0.307 e. The molecule has 0 spiro atoms. The number of hydrogen-bond acceptors (Lipinski definition) is 5. The van der Waals surface area contributed by atoms with E-state index in [-0.39, 0.29) is 33.5 Å². The molecule has 0 aliphatic rings. The molecular formula is C17H13Cl2F2NO5S. The van der Waals surface area contributed by atoms with Gasteiger partial charge in [-0.15, -0.1) is 0 Å². The van der Waals surface area contributed by atoms with Crippen LogP contribution in [-0.2, 0) is 19.6 Å². The average molecular weight is 452 g/mol. The zero-order valence-electron chi connectivity index (χ0n) is 14.0. The number of sulfonamides is 1. The molecule has 0 fully saturated rings. The highest BCUT2D eigenvalue weighted by atomic mass is 35.5. The van der Waals surface area contributed by atoms with Crippen molar-refractivity contribution in [2.75, 3.05) is 13.2 Å². The highest BCUT2D eigenvalue weighted by Crippen LogP contribution is 2.28. The van der Waals surface area contributed by atoms with Crippen molar-refractivity contribution in [3.05, 3.63) is 63.6 Å². The predicted octanol–water partition coefficient (Wildman–Crippen LogP) is 3.37. The van der Waals surface area contributed by atoms with Gasteiger partial charge in [-0.05, 0) is 30.3 Å². The normalized spacial score (nSPS) is 11.3. The van der Waals surface area contributed by atoms with Crippen LogP contribution in [0.1, 0.15) is 16.8 Å². The first-order valence-electron chi connectivity index (χ1n) is 7.69. The van der Waals surface area contributed by atoms with Crippen molar-refractivity contribution >= 4 is 45.0 Å². The Labute approximate surface area is 169 Å². The molecule has 1 N–H and O–H groups in total. The number of esters is 1. The van der Waals surface area contributed by atoms with E-state index in [0.717, 1.165) is 12.1 Å². The number of rotatable bonds is 8. The predicted molar refractivity (Wildman–Crippen MR) is 97.9 cm³/mol. The molecule has 0 bridgehead atoms. The van der Waals surface area contributed by atoms with Crippen LogP contribution in [-0.4, -0.2) is 33.3 Å². The summed E-state index contributed by atoms with van der Waals surface area (Å²) >= 11 is 11.7. The van der Waals surface area contributed by atoms with Gasteiger partial charge in [-0.3, -0.25) is 9.59 Å². The third kappa shape index (κ3) is 5.71. The van der Waals surface area contributed by atoms with Gasteiger partial charge in [0.15, 0.2) is 24.0 Å². The van der Waals surface area contributed by atoms with E-state index in [0.29, 0.717) is 6.07 Å². The lowest BCUT2D eigenvalue weighted by Gasteiger charge is -2.10. The molecule has 2 rings (SSSR count). The molecule has 0 aliphatic heterocycles. The van der Waals surface area contributed by atoms with Gasteiger partial charge in [-0.2, -0.15) is 0 Å². The fraction of sp³-hybridized carbons (Fsp3) is 0.176. The van der Waals surface area contributed by atoms with Gasteiger partial charge in [-0.25, -0.2) is 21.9 Å². The monoisotopic (exact) mass is 451 g/mol. The van der Waals surface area contributed by atoms with Crippen LogP contribution in [0, 0.1) is 11.6 Å². The second kappa shape index (κ2) is 9.42. The van der Waals surface area contributed by atoms with Crippen LogP contribution in [0.15, 0.2) is 41.3 Å². The topological polar surface area (TPSA) is 89.5 Å². The van der Waals surface area contributed by atoms with Crippen molar-refractivity contribution < 1.29 is 31.5 Å². The van der Waals surface area contributed by atoms with Crippen LogP contribution >= 0.6 is 23.2 Å². The maximum Gasteiger partial charge on any atom is 0.307 e. The molecule has 2 aromatic rings. The Morgan fingerprint density at radius 3 is 2.29 bits per heavy atom. The molecule has 150 valence electrons. The summed E-state index contributed by atoms with van der Waals surface area (Å²) < 4.78 is 57.2. The van der Waals surface area contributed by atoms with Gasteiger partial charge in [0, 0.05) is 12.1 Å². The van der Waals surface area contributed by atoms with E-state index in [1.165, 1.54) is 18.2 Å². The number of Topliss-reactive ketones (excluding diaryl/α,β-unsaturated/α-hetero) is 1. The molecule has 2 aromatic carbocycles. The highest BCUT2D eigenvalue weighted by molar-refractivity contribution is 7.89. The molecule has 0 radical (unpaired) electrons. The minimum absolute atomic E-state index is 0.0836. The van der Waals surface area contributed by atoms with Gasteiger partial charge >= 0.3 is 5.97 Å². The maximum absolute atomic E-state index is 13.1. The zero-order valence-corrected chi connectivity index (χ0v) is 16.4. The fourth-order valence-electron chi connectivity index (χ4n) is 2.07. The van der Waals surface area contributed by atoms with Crippen LogP contribution in [0.2, 0.25) is 10.0 Å². The van der Waals surface area contributed by atoms with Crippen molar-refractivity contribution in [1.82, 2.24) is 4.72 Å². The second-order valence-corrected chi connectivity index (χ2v) is 7.93. The molecule has 0 aliphatic carbocycles. The fourth-order valence-corrected chi connectivity index (χ4v) is 4.24. The van der Waals surface area contributed by atoms with Gasteiger partial charge in [0.2, 0.25) is 10.0 Å². The number of halogens is 4. The molecular weight excluding hydrogens is 439 g/mol. The van der Waals surface area contributed by atoms with Gasteiger partial charge in [0.25, 0.3) is 0 Å². The van der Waals surface area contributed by atoms with E-state index in [1.807, 2.05) is 0 Å². The number of carbonyl (C=O) groups excluding carboxylic acids is 2. The average Bonchev–Trinajstić information content (AvgIpc) is 2.61. The molecule has 11 heteroatoms. The van der Waals surface area contributed by atoms with Crippen molar-refractivity contribution in [3.8, 4) is 0 Å². The van der Waals surface area contributed by atoms with Crippen LogP contribution in [0.25, 0.3) is 0 Å². The second-order valence-electron chi connectivity index (χ2n) is 5.41. The SMILES string of the molecule is O=C(CCNS(=O)(=O)c1c(Cl)cccc1Cl)OCC(=O)c1ccc(F)c(F)c1.